The Labute approximate surface area is 65.9 Å². The van der Waals surface area contributed by atoms with Crippen LogP contribution < -0.4 is 10.6 Å². The summed E-state index contributed by atoms with van der Waals surface area (Å²) in [6.45, 7) is 3.71. The second kappa shape index (κ2) is 2.70. The molecule has 0 aromatic rings. The van der Waals surface area contributed by atoms with Crippen LogP contribution in [0.1, 0.15) is 6.42 Å². The van der Waals surface area contributed by atoms with E-state index >= 15 is 0 Å². The third-order valence-corrected chi connectivity index (χ3v) is 2.36. The zero-order chi connectivity index (χ0) is 7.68. The summed E-state index contributed by atoms with van der Waals surface area (Å²) in [5.41, 5.74) is 0. The van der Waals surface area contributed by atoms with Gasteiger partial charge in [0.1, 0.15) is 0 Å². The molecule has 0 aromatic carbocycles. The molecule has 0 unspecified atom stereocenters. The quantitative estimate of drug-likeness (QED) is 0.529. The van der Waals surface area contributed by atoms with Crippen LogP contribution in [-0.4, -0.2) is 43.2 Å². The molecule has 0 radical (unpaired) electrons. The summed E-state index contributed by atoms with van der Waals surface area (Å²) < 4.78 is 0. The summed E-state index contributed by atoms with van der Waals surface area (Å²) in [5, 5.41) is 6.05. The van der Waals surface area contributed by atoms with Gasteiger partial charge in [0, 0.05) is 25.7 Å². The lowest BCUT2D eigenvalue weighted by Gasteiger charge is -2.20. The first-order chi connectivity index (χ1) is 5.38. The number of urea groups is 1. The minimum absolute atomic E-state index is 0.110. The largest absolute Gasteiger partial charge is 0.336 e. The van der Waals surface area contributed by atoms with E-state index in [4.69, 9.17) is 0 Å². The highest BCUT2D eigenvalue weighted by Crippen LogP contribution is 2.10. The van der Waals surface area contributed by atoms with Crippen molar-refractivity contribution in [3.63, 3.8) is 0 Å². The number of rotatable bonds is 1. The Bertz CT molecular complexity index is 165. The molecular formula is C7H13N3O. The molecule has 2 fully saturated rings. The van der Waals surface area contributed by atoms with Gasteiger partial charge < -0.3 is 15.5 Å². The smallest absolute Gasteiger partial charge is 0.317 e. The second-order valence-electron chi connectivity index (χ2n) is 3.07. The number of nitrogens with zero attached hydrogens (tertiary/aromatic N) is 1. The highest BCUT2D eigenvalue weighted by molar-refractivity contribution is 5.76. The van der Waals surface area contributed by atoms with Crippen molar-refractivity contribution < 1.29 is 4.79 Å². The van der Waals surface area contributed by atoms with Gasteiger partial charge in [0.25, 0.3) is 0 Å². The van der Waals surface area contributed by atoms with Crippen molar-refractivity contribution in [1.29, 1.82) is 0 Å². The Balaban J connectivity index is 1.97. The first kappa shape index (κ1) is 6.91. The summed E-state index contributed by atoms with van der Waals surface area (Å²) >= 11 is 0. The fraction of sp³-hybridized carbons (Fsp3) is 0.857. The van der Waals surface area contributed by atoms with Crippen LogP contribution in [0.5, 0.6) is 0 Å². The molecule has 2 N–H and O–H groups in total. The Hall–Kier alpha value is -0.770. The molecular weight excluding hydrogens is 142 g/mol. The van der Waals surface area contributed by atoms with Gasteiger partial charge in [-0.15, -0.1) is 0 Å². The van der Waals surface area contributed by atoms with Crippen LogP contribution in [0.25, 0.3) is 0 Å². The topological polar surface area (TPSA) is 44.4 Å². The maximum absolute atomic E-state index is 11.1. The monoisotopic (exact) mass is 155 g/mol. The molecule has 0 spiro atoms. The highest BCUT2D eigenvalue weighted by Gasteiger charge is 2.29. The molecule has 2 amide bonds. The number of hydrogen-bond acceptors (Lipinski definition) is 2. The summed E-state index contributed by atoms with van der Waals surface area (Å²) in [7, 11) is 0. The van der Waals surface area contributed by atoms with Gasteiger partial charge in [-0.25, -0.2) is 4.79 Å². The molecule has 4 heteroatoms. The fourth-order valence-corrected chi connectivity index (χ4v) is 1.74. The minimum atomic E-state index is 0.110. The summed E-state index contributed by atoms with van der Waals surface area (Å²) in [4.78, 5) is 13.1. The number of amides is 2. The SMILES string of the molecule is O=C1NCCN1[C@@H]1CCNC1. The van der Waals surface area contributed by atoms with Crippen molar-refractivity contribution in [2.45, 2.75) is 12.5 Å². The van der Waals surface area contributed by atoms with Gasteiger partial charge in [0.15, 0.2) is 0 Å². The van der Waals surface area contributed by atoms with Gasteiger partial charge in [0.2, 0.25) is 0 Å². The van der Waals surface area contributed by atoms with E-state index in [1.54, 1.807) is 0 Å². The highest BCUT2D eigenvalue weighted by atomic mass is 16.2. The lowest BCUT2D eigenvalue weighted by Crippen LogP contribution is -2.39. The number of carbonyl (C=O) groups is 1. The molecule has 0 aliphatic carbocycles. The second-order valence-corrected chi connectivity index (χ2v) is 3.07. The standard InChI is InChI=1S/C7H13N3O/c11-7-9-3-4-10(7)6-1-2-8-5-6/h6,8H,1-5H2,(H,9,11)/t6-/m1/s1. The molecule has 62 valence electrons. The third kappa shape index (κ3) is 1.18. The lowest BCUT2D eigenvalue weighted by molar-refractivity contribution is 0.202. The first-order valence-electron chi connectivity index (χ1n) is 4.13. The van der Waals surface area contributed by atoms with E-state index in [0.29, 0.717) is 6.04 Å². The molecule has 11 heavy (non-hydrogen) atoms. The summed E-state index contributed by atoms with van der Waals surface area (Å²) in [6, 6.07) is 0.552. The van der Waals surface area contributed by atoms with Gasteiger partial charge in [-0.3, -0.25) is 0 Å². The van der Waals surface area contributed by atoms with Crippen molar-refractivity contribution in [2.75, 3.05) is 26.2 Å². The van der Waals surface area contributed by atoms with Crippen molar-refractivity contribution in [2.24, 2.45) is 0 Å². The Morgan fingerprint density at radius 2 is 2.36 bits per heavy atom. The first-order valence-corrected chi connectivity index (χ1v) is 4.13. The van der Waals surface area contributed by atoms with E-state index in [9.17, 15) is 4.79 Å². The van der Waals surface area contributed by atoms with Crippen molar-refractivity contribution in [3.05, 3.63) is 0 Å². The fourth-order valence-electron chi connectivity index (χ4n) is 1.74. The average molecular weight is 155 g/mol. The van der Waals surface area contributed by atoms with E-state index < -0.39 is 0 Å². The molecule has 4 nitrogen and oxygen atoms in total. The third-order valence-electron chi connectivity index (χ3n) is 2.36. The molecule has 2 saturated heterocycles. The van der Waals surface area contributed by atoms with Gasteiger partial charge in [-0.2, -0.15) is 0 Å². The van der Waals surface area contributed by atoms with Crippen molar-refractivity contribution >= 4 is 6.03 Å². The van der Waals surface area contributed by atoms with Crippen LogP contribution in [0.4, 0.5) is 4.79 Å². The summed E-state index contributed by atoms with van der Waals surface area (Å²) in [5.74, 6) is 0. The van der Waals surface area contributed by atoms with E-state index in [0.717, 1.165) is 32.6 Å². The van der Waals surface area contributed by atoms with Crippen LogP contribution in [0.15, 0.2) is 0 Å². The zero-order valence-electron chi connectivity index (χ0n) is 6.47. The molecule has 2 rings (SSSR count). The van der Waals surface area contributed by atoms with Gasteiger partial charge >= 0.3 is 6.03 Å². The van der Waals surface area contributed by atoms with Crippen LogP contribution in [0.3, 0.4) is 0 Å². The average Bonchev–Trinajstić information content (AvgIpc) is 2.55. The maximum atomic E-state index is 11.1. The van der Waals surface area contributed by atoms with Crippen molar-refractivity contribution in [3.8, 4) is 0 Å². The van der Waals surface area contributed by atoms with Crippen LogP contribution in [0.2, 0.25) is 0 Å². The number of hydrogen-bond donors (Lipinski definition) is 2. The van der Waals surface area contributed by atoms with E-state index in [1.807, 2.05) is 4.90 Å². The zero-order valence-corrected chi connectivity index (χ0v) is 6.47. The lowest BCUT2D eigenvalue weighted by atomic mass is 10.2. The van der Waals surface area contributed by atoms with E-state index in [-0.39, 0.29) is 6.03 Å². The Kier molecular flexibility index (Phi) is 1.69. The Morgan fingerprint density at radius 3 is 2.91 bits per heavy atom. The molecule has 2 aliphatic rings. The molecule has 0 bridgehead atoms. The maximum Gasteiger partial charge on any atom is 0.317 e. The van der Waals surface area contributed by atoms with Crippen LogP contribution in [0, 0.1) is 0 Å². The number of carbonyl (C=O) groups excluding carboxylic acids is 1. The molecule has 2 heterocycles. The van der Waals surface area contributed by atoms with Gasteiger partial charge in [-0.05, 0) is 13.0 Å². The number of nitrogens with one attached hydrogen (secondary N) is 2. The molecule has 0 aromatic heterocycles. The van der Waals surface area contributed by atoms with E-state index in [1.165, 1.54) is 0 Å². The van der Waals surface area contributed by atoms with E-state index in [2.05, 4.69) is 10.6 Å². The minimum Gasteiger partial charge on any atom is -0.336 e. The normalized spacial score (nSPS) is 31.1. The molecule has 1 atom stereocenters. The van der Waals surface area contributed by atoms with Crippen LogP contribution in [-0.2, 0) is 0 Å². The van der Waals surface area contributed by atoms with Gasteiger partial charge in [0.05, 0.1) is 0 Å². The molecule has 0 saturated carbocycles. The predicted octanol–water partition coefficient (Wildman–Crippen LogP) is -0.627. The van der Waals surface area contributed by atoms with Crippen LogP contribution >= 0.6 is 0 Å². The van der Waals surface area contributed by atoms with Crippen molar-refractivity contribution in [1.82, 2.24) is 15.5 Å². The predicted molar refractivity (Wildman–Crippen MR) is 41.4 cm³/mol. The summed E-state index contributed by atoms with van der Waals surface area (Å²) in [6.07, 6.45) is 1.10. The molecule has 2 aliphatic heterocycles. The Morgan fingerprint density at radius 1 is 1.45 bits per heavy atom. The van der Waals surface area contributed by atoms with Gasteiger partial charge in [-0.1, -0.05) is 0 Å².